The molecule has 1 amide bonds. The number of piperidine rings is 1. The van der Waals surface area contributed by atoms with Gasteiger partial charge in [-0.3, -0.25) is 4.79 Å². The molecule has 0 radical (unpaired) electrons. The van der Waals surface area contributed by atoms with Gasteiger partial charge in [0.05, 0.1) is 4.90 Å². The van der Waals surface area contributed by atoms with Crippen LogP contribution in [0.4, 0.5) is 0 Å². The highest BCUT2D eigenvalue weighted by Gasteiger charge is 2.31. The van der Waals surface area contributed by atoms with Crippen molar-refractivity contribution in [3.8, 4) is 0 Å². The van der Waals surface area contributed by atoms with E-state index >= 15 is 0 Å². The quantitative estimate of drug-likeness (QED) is 0.739. The Labute approximate surface area is 154 Å². The number of nitrogens with zero attached hydrogens (tertiary/aromatic N) is 1. The molecular formula is C17H27N3O3S2. The van der Waals surface area contributed by atoms with Gasteiger partial charge >= 0.3 is 0 Å². The third kappa shape index (κ3) is 5.70. The summed E-state index contributed by atoms with van der Waals surface area (Å²) in [6.45, 7) is 3.02. The third-order valence-corrected chi connectivity index (χ3v) is 6.44. The molecule has 0 aliphatic carbocycles. The summed E-state index contributed by atoms with van der Waals surface area (Å²) in [5.74, 6) is 0.520. The summed E-state index contributed by atoms with van der Waals surface area (Å²) in [7, 11) is -3.74. The Hall–Kier alpha value is -1.09. The number of nitrogens with two attached hydrogens (primary N) is 1. The molecule has 0 saturated carbocycles. The highest BCUT2D eigenvalue weighted by atomic mass is 32.2. The number of aryl methyl sites for hydroxylation is 1. The van der Waals surface area contributed by atoms with Crippen molar-refractivity contribution in [2.75, 3.05) is 25.1 Å². The molecule has 1 aliphatic heterocycles. The first-order chi connectivity index (χ1) is 11.8. The minimum atomic E-state index is -3.74. The Balaban J connectivity index is 2.15. The monoisotopic (exact) mass is 385 g/mol. The normalized spacial score (nSPS) is 19.6. The van der Waals surface area contributed by atoms with Gasteiger partial charge in [-0.2, -0.15) is 16.5 Å². The second-order valence-corrected chi connectivity index (χ2v) is 9.15. The molecule has 0 bridgehead atoms. The smallest absolute Gasteiger partial charge is 0.241 e. The van der Waals surface area contributed by atoms with Gasteiger partial charge < -0.3 is 10.6 Å². The van der Waals surface area contributed by atoms with Crippen LogP contribution in [-0.2, 0) is 14.8 Å². The number of rotatable bonds is 7. The van der Waals surface area contributed by atoms with Crippen molar-refractivity contribution in [2.45, 2.75) is 43.2 Å². The van der Waals surface area contributed by atoms with Crippen LogP contribution >= 0.6 is 11.8 Å². The average Bonchev–Trinajstić information content (AvgIpc) is 2.58. The maximum absolute atomic E-state index is 12.8. The summed E-state index contributed by atoms with van der Waals surface area (Å²) >= 11 is 1.59. The molecule has 2 atom stereocenters. The standard InChI is InChI=1S/C17H27N3O3S2/c1-13-5-7-15(8-6-13)25(22,23)19-16(9-11-24-2)17(21)20-10-3-4-14(18)12-20/h5-8,14,16,19H,3-4,9-12,18H2,1-2H3. The lowest BCUT2D eigenvalue weighted by Crippen LogP contribution is -2.53. The summed E-state index contributed by atoms with van der Waals surface area (Å²) in [5, 5.41) is 0. The largest absolute Gasteiger partial charge is 0.340 e. The van der Waals surface area contributed by atoms with Crippen LogP contribution in [0.3, 0.4) is 0 Å². The van der Waals surface area contributed by atoms with Crippen LogP contribution in [0.5, 0.6) is 0 Å². The predicted octanol–water partition coefficient (Wildman–Crippen LogP) is 1.34. The molecular weight excluding hydrogens is 358 g/mol. The highest BCUT2D eigenvalue weighted by molar-refractivity contribution is 7.98. The number of amides is 1. The molecule has 0 aromatic heterocycles. The van der Waals surface area contributed by atoms with Crippen LogP contribution in [0.15, 0.2) is 29.2 Å². The molecule has 1 fully saturated rings. The minimum absolute atomic E-state index is 0.0346. The molecule has 2 unspecified atom stereocenters. The molecule has 25 heavy (non-hydrogen) atoms. The van der Waals surface area contributed by atoms with E-state index in [4.69, 9.17) is 5.73 Å². The van der Waals surface area contributed by atoms with Gasteiger partial charge in [-0.15, -0.1) is 0 Å². The van der Waals surface area contributed by atoms with E-state index in [0.717, 1.165) is 18.4 Å². The maximum Gasteiger partial charge on any atom is 0.241 e. The molecule has 1 aromatic rings. The second-order valence-electron chi connectivity index (χ2n) is 6.45. The Morgan fingerprint density at radius 1 is 1.40 bits per heavy atom. The zero-order valence-corrected chi connectivity index (χ0v) is 16.4. The molecule has 6 nitrogen and oxygen atoms in total. The van der Waals surface area contributed by atoms with Crippen molar-refractivity contribution in [1.82, 2.24) is 9.62 Å². The number of carbonyl (C=O) groups is 1. The maximum atomic E-state index is 12.8. The molecule has 2 rings (SSSR count). The van der Waals surface area contributed by atoms with Gasteiger partial charge in [0.25, 0.3) is 0 Å². The van der Waals surface area contributed by atoms with Crippen molar-refractivity contribution in [3.05, 3.63) is 29.8 Å². The van der Waals surface area contributed by atoms with Crippen LogP contribution in [0.2, 0.25) is 0 Å². The Morgan fingerprint density at radius 2 is 2.08 bits per heavy atom. The van der Waals surface area contributed by atoms with Gasteiger partial charge in [0.15, 0.2) is 0 Å². The van der Waals surface area contributed by atoms with Gasteiger partial charge in [0.1, 0.15) is 6.04 Å². The van der Waals surface area contributed by atoms with Crippen molar-refractivity contribution in [3.63, 3.8) is 0 Å². The zero-order chi connectivity index (χ0) is 18.4. The van der Waals surface area contributed by atoms with Gasteiger partial charge in [0, 0.05) is 19.1 Å². The fourth-order valence-electron chi connectivity index (χ4n) is 2.87. The summed E-state index contributed by atoms with van der Waals surface area (Å²) in [6.07, 6.45) is 4.14. The van der Waals surface area contributed by atoms with Gasteiger partial charge in [-0.25, -0.2) is 8.42 Å². The first-order valence-corrected chi connectivity index (χ1v) is 11.3. The lowest BCUT2D eigenvalue weighted by molar-refractivity contribution is -0.134. The van der Waals surface area contributed by atoms with Gasteiger partial charge in [0.2, 0.25) is 15.9 Å². The zero-order valence-electron chi connectivity index (χ0n) is 14.8. The number of sulfonamides is 1. The van der Waals surface area contributed by atoms with Crippen LogP contribution in [0, 0.1) is 6.92 Å². The van der Waals surface area contributed by atoms with Gasteiger partial charge in [-0.1, -0.05) is 17.7 Å². The highest BCUT2D eigenvalue weighted by Crippen LogP contribution is 2.15. The van der Waals surface area contributed by atoms with E-state index < -0.39 is 16.1 Å². The topological polar surface area (TPSA) is 92.5 Å². The summed E-state index contributed by atoms with van der Waals surface area (Å²) < 4.78 is 27.9. The SMILES string of the molecule is CSCCC(NS(=O)(=O)c1ccc(C)cc1)C(=O)N1CCCC(N)C1. The summed E-state index contributed by atoms with van der Waals surface area (Å²) in [6, 6.07) is 5.82. The van der Waals surface area contributed by atoms with E-state index in [1.807, 2.05) is 13.2 Å². The van der Waals surface area contributed by atoms with E-state index in [0.29, 0.717) is 25.3 Å². The molecule has 1 aliphatic rings. The molecule has 140 valence electrons. The van der Waals surface area contributed by atoms with E-state index in [-0.39, 0.29) is 16.8 Å². The van der Waals surface area contributed by atoms with Crippen molar-refractivity contribution < 1.29 is 13.2 Å². The molecule has 3 N–H and O–H groups in total. The van der Waals surface area contributed by atoms with E-state index in [1.54, 1.807) is 40.9 Å². The number of hydrogen-bond acceptors (Lipinski definition) is 5. The van der Waals surface area contributed by atoms with E-state index in [2.05, 4.69) is 4.72 Å². The minimum Gasteiger partial charge on any atom is -0.340 e. The number of likely N-dealkylation sites (tertiary alicyclic amines) is 1. The van der Waals surface area contributed by atoms with Crippen molar-refractivity contribution in [2.24, 2.45) is 5.73 Å². The number of carbonyl (C=O) groups excluding carboxylic acids is 1. The van der Waals surface area contributed by atoms with E-state index in [9.17, 15) is 13.2 Å². The lowest BCUT2D eigenvalue weighted by Gasteiger charge is -2.33. The Bertz CT molecular complexity index is 677. The third-order valence-electron chi connectivity index (χ3n) is 4.31. The van der Waals surface area contributed by atoms with Crippen LogP contribution in [0.1, 0.15) is 24.8 Å². The summed E-state index contributed by atoms with van der Waals surface area (Å²) in [4.78, 5) is 14.7. The molecule has 1 saturated heterocycles. The number of thioether (sulfide) groups is 1. The van der Waals surface area contributed by atoms with Gasteiger partial charge in [-0.05, 0) is 50.3 Å². The van der Waals surface area contributed by atoms with Crippen molar-refractivity contribution >= 4 is 27.7 Å². The second kappa shape index (κ2) is 9.02. The number of hydrogen-bond donors (Lipinski definition) is 2. The molecule has 1 aromatic carbocycles. The molecule has 8 heteroatoms. The summed E-state index contributed by atoms with van der Waals surface area (Å²) in [5.41, 5.74) is 6.94. The predicted molar refractivity (Wildman–Crippen MR) is 102 cm³/mol. The fourth-order valence-corrected chi connectivity index (χ4v) is 4.57. The lowest BCUT2D eigenvalue weighted by atomic mass is 10.1. The first kappa shape index (κ1) is 20.2. The first-order valence-electron chi connectivity index (χ1n) is 8.46. The molecule has 1 heterocycles. The number of benzene rings is 1. The Kier molecular flexibility index (Phi) is 7.30. The molecule has 0 spiro atoms. The Morgan fingerprint density at radius 3 is 2.68 bits per heavy atom. The average molecular weight is 386 g/mol. The number of nitrogens with one attached hydrogen (secondary N) is 1. The van der Waals surface area contributed by atoms with Crippen LogP contribution < -0.4 is 10.5 Å². The van der Waals surface area contributed by atoms with Crippen LogP contribution in [0.25, 0.3) is 0 Å². The van der Waals surface area contributed by atoms with Crippen molar-refractivity contribution in [1.29, 1.82) is 0 Å². The van der Waals surface area contributed by atoms with E-state index in [1.165, 1.54) is 0 Å². The van der Waals surface area contributed by atoms with Crippen LogP contribution in [-0.4, -0.2) is 56.4 Å². The fraction of sp³-hybridized carbons (Fsp3) is 0.588.